The maximum absolute atomic E-state index is 12.1. The molecule has 1 aliphatic rings. The van der Waals surface area contributed by atoms with E-state index in [9.17, 15) is 8.42 Å². The molecule has 1 aliphatic heterocycles. The molecule has 1 aromatic heterocycles. The van der Waals surface area contributed by atoms with Crippen LogP contribution in [0.15, 0.2) is 42.9 Å². The molecule has 0 saturated carbocycles. The monoisotopic (exact) mass is 332 g/mol. The second-order valence-electron chi connectivity index (χ2n) is 5.74. The highest BCUT2D eigenvalue weighted by atomic mass is 32.2. The van der Waals surface area contributed by atoms with Crippen molar-refractivity contribution >= 4 is 15.7 Å². The van der Waals surface area contributed by atoms with Crippen LogP contribution in [-0.2, 0) is 16.6 Å². The first-order valence-electron chi connectivity index (χ1n) is 7.52. The van der Waals surface area contributed by atoms with E-state index in [1.807, 2.05) is 24.3 Å². The SMILES string of the molecule is CC(c1cnccn1)N1CCN(S(C)(=O)=O)c2ccccc2C1. The number of sulfonamides is 1. The van der Waals surface area contributed by atoms with Gasteiger partial charge in [-0.05, 0) is 18.6 Å². The molecule has 0 aliphatic carbocycles. The highest BCUT2D eigenvalue weighted by Gasteiger charge is 2.28. The van der Waals surface area contributed by atoms with Crippen LogP contribution in [0.25, 0.3) is 0 Å². The Morgan fingerprint density at radius 3 is 2.65 bits per heavy atom. The molecule has 2 aromatic rings. The molecular formula is C16H20N4O2S. The molecule has 6 nitrogen and oxygen atoms in total. The number of hydrogen-bond donors (Lipinski definition) is 0. The second kappa shape index (κ2) is 6.25. The third-order valence-corrected chi connectivity index (χ3v) is 5.36. The standard InChI is InChI=1S/C16H20N4O2S/c1-13(15-11-17-7-8-18-15)19-9-10-20(23(2,21)22)16-6-4-3-5-14(16)12-19/h3-8,11,13H,9-10,12H2,1-2H3. The summed E-state index contributed by atoms with van der Waals surface area (Å²) in [5.74, 6) is 0. The van der Waals surface area contributed by atoms with Crippen molar-refractivity contribution in [3.8, 4) is 0 Å². The van der Waals surface area contributed by atoms with Crippen molar-refractivity contribution < 1.29 is 8.42 Å². The Hall–Kier alpha value is -1.99. The molecule has 1 unspecified atom stereocenters. The Labute approximate surface area is 136 Å². The molecule has 0 spiro atoms. The second-order valence-corrected chi connectivity index (χ2v) is 7.65. The quantitative estimate of drug-likeness (QED) is 0.858. The summed E-state index contributed by atoms with van der Waals surface area (Å²) in [4.78, 5) is 10.7. The van der Waals surface area contributed by atoms with Crippen molar-refractivity contribution in [1.29, 1.82) is 0 Å². The lowest BCUT2D eigenvalue weighted by Gasteiger charge is -2.27. The van der Waals surface area contributed by atoms with E-state index >= 15 is 0 Å². The molecule has 2 heterocycles. The number of rotatable bonds is 3. The fourth-order valence-electron chi connectivity index (χ4n) is 2.91. The number of fused-ring (bicyclic) bond motifs is 1. The van der Waals surface area contributed by atoms with Crippen LogP contribution in [0, 0.1) is 0 Å². The molecule has 0 saturated heterocycles. The molecule has 0 amide bonds. The lowest BCUT2D eigenvalue weighted by molar-refractivity contribution is 0.208. The fraction of sp³-hybridized carbons (Fsp3) is 0.375. The zero-order chi connectivity index (χ0) is 16.4. The molecule has 7 heteroatoms. The Bertz CT molecular complexity index is 780. The molecular weight excluding hydrogens is 312 g/mol. The van der Waals surface area contributed by atoms with Crippen LogP contribution in [0.2, 0.25) is 0 Å². The van der Waals surface area contributed by atoms with E-state index < -0.39 is 10.0 Å². The first kappa shape index (κ1) is 15.9. The van der Waals surface area contributed by atoms with Crippen molar-refractivity contribution in [2.75, 3.05) is 23.7 Å². The van der Waals surface area contributed by atoms with E-state index in [0.717, 1.165) is 16.9 Å². The predicted octanol–water partition coefficient (Wildman–Crippen LogP) is 1.82. The van der Waals surface area contributed by atoms with E-state index in [0.29, 0.717) is 19.6 Å². The first-order valence-corrected chi connectivity index (χ1v) is 9.37. The molecule has 1 atom stereocenters. The normalized spacial score (nSPS) is 17.4. The average Bonchev–Trinajstić information content (AvgIpc) is 2.74. The number of benzene rings is 1. The van der Waals surface area contributed by atoms with E-state index in [1.165, 1.54) is 10.6 Å². The van der Waals surface area contributed by atoms with Gasteiger partial charge < -0.3 is 0 Å². The number of aromatic nitrogens is 2. The van der Waals surface area contributed by atoms with Crippen LogP contribution in [0.1, 0.15) is 24.2 Å². The van der Waals surface area contributed by atoms with Crippen molar-refractivity contribution in [3.63, 3.8) is 0 Å². The Kier molecular flexibility index (Phi) is 4.32. The minimum absolute atomic E-state index is 0.0660. The summed E-state index contributed by atoms with van der Waals surface area (Å²) in [5, 5.41) is 0. The van der Waals surface area contributed by atoms with Gasteiger partial charge in [0.25, 0.3) is 0 Å². The van der Waals surface area contributed by atoms with Crippen LogP contribution in [0.3, 0.4) is 0 Å². The minimum atomic E-state index is -3.30. The molecule has 0 bridgehead atoms. The third-order valence-electron chi connectivity index (χ3n) is 4.18. The molecule has 1 aromatic carbocycles. The zero-order valence-corrected chi connectivity index (χ0v) is 14.1. The first-order chi connectivity index (χ1) is 11.0. The maximum atomic E-state index is 12.1. The van der Waals surface area contributed by atoms with Gasteiger partial charge in [0, 0.05) is 38.2 Å². The molecule has 23 heavy (non-hydrogen) atoms. The largest absolute Gasteiger partial charge is 0.289 e. The number of nitrogens with zero attached hydrogens (tertiary/aromatic N) is 4. The number of anilines is 1. The molecule has 122 valence electrons. The van der Waals surface area contributed by atoms with Crippen molar-refractivity contribution in [3.05, 3.63) is 54.1 Å². The maximum Gasteiger partial charge on any atom is 0.232 e. The summed E-state index contributed by atoms with van der Waals surface area (Å²) >= 11 is 0. The summed E-state index contributed by atoms with van der Waals surface area (Å²) in [6.07, 6.45) is 6.35. The van der Waals surface area contributed by atoms with E-state index in [-0.39, 0.29) is 6.04 Å². The summed E-state index contributed by atoms with van der Waals surface area (Å²) in [6.45, 7) is 3.82. The molecule has 3 rings (SSSR count). The Morgan fingerprint density at radius 2 is 1.96 bits per heavy atom. The lowest BCUT2D eigenvalue weighted by atomic mass is 10.1. The molecule has 0 radical (unpaired) electrons. The summed E-state index contributed by atoms with van der Waals surface area (Å²) in [7, 11) is -3.30. The van der Waals surface area contributed by atoms with Gasteiger partial charge in [0.05, 0.1) is 23.7 Å². The van der Waals surface area contributed by atoms with Gasteiger partial charge in [-0.1, -0.05) is 18.2 Å². The van der Waals surface area contributed by atoms with Gasteiger partial charge in [0.2, 0.25) is 10.0 Å². The van der Waals surface area contributed by atoms with E-state index in [1.54, 1.807) is 18.6 Å². The topological polar surface area (TPSA) is 66.4 Å². The molecule has 0 N–H and O–H groups in total. The van der Waals surface area contributed by atoms with Gasteiger partial charge >= 0.3 is 0 Å². The van der Waals surface area contributed by atoms with Gasteiger partial charge in [-0.2, -0.15) is 0 Å². The smallest absolute Gasteiger partial charge is 0.232 e. The van der Waals surface area contributed by atoms with Gasteiger partial charge in [0.15, 0.2) is 0 Å². The lowest BCUT2D eigenvalue weighted by Crippen LogP contribution is -2.36. The number of hydrogen-bond acceptors (Lipinski definition) is 5. The fourth-order valence-corrected chi connectivity index (χ4v) is 3.86. The Morgan fingerprint density at radius 1 is 1.17 bits per heavy atom. The summed E-state index contributed by atoms with van der Waals surface area (Å²) < 4.78 is 25.8. The predicted molar refractivity (Wildman–Crippen MR) is 89.5 cm³/mol. The number of para-hydroxylation sites is 1. The van der Waals surface area contributed by atoms with Crippen molar-refractivity contribution in [1.82, 2.24) is 14.9 Å². The summed E-state index contributed by atoms with van der Waals surface area (Å²) in [5.41, 5.74) is 2.66. The van der Waals surface area contributed by atoms with Crippen LogP contribution >= 0.6 is 0 Å². The molecule has 0 fully saturated rings. The minimum Gasteiger partial charge on any atom is -0.289 e. The van der Waals surface area contributed by atoms with Crippen LogP contribution < -0.4 is 4.31 Å². The summed E-state index contributed by atoms with van der Waals surface area (Å²) in [6, 6.07) is 7.73. The van der Waals surface area contributed by atoms with Gasteiger partial charge in [-0.15, -0.1) is 0 Å². The zero-order valence-electron chi connectivity index (χ0n) is 13.3. The average molecular weight is 332 g/mol. The highest BCUT2D eigenvalue weighted by molar-refractivity contribution is 7.92. The van der Waals surface area contributed by atoms with Gasteiger partial charge in [0.1, 0.15) is 0 Å². The van der Waals surface area contributed by atoms with Crippen molar-refractivity contribution in [2.45, 2.75) is 19.5 Å². The third kappa shape index (κ3) is 3.35. The Balaban J connectivity index is 1.94. The van der Waals surface area contributed by atoms with E-state index in [4.69, 9.17) is 0 Å². The highest BCUT2D eigenvalue weighted by Crippen LogP contribution is 2.30. The van der Waals surface area contributed by atoms with Gasteiger partial charge in [-0.25, -0.2) is 8.42 Å². The van der Waals surface area contributed by atoms with Gasteiger partial charge in [-0.3, -0.25) is 19.2 Å². The van der Waals surface area contributed by atoms with Crippen LogP contribution in [0.4, 0.5) is 5.69 Å². The van der Waals surface area contributed by atoms with E-state index in [2.05, 4.69) is 21.8 Å². The van der Waals surface area contributed by atoms with Crippen LogP contribution in [-0.4, -0.2) is 42.6 Å². The van der Waals surface area contributed by atoms with Crippen molar-refractivity contribution in [2.24, 2.45) is 0 Å². The van der Waals surface area contributed by atoms with Crippen LogP contribution in [0.5, 0.6) is 0 Å².